The molecular weight excluding hydrogens is 257 g/mol. The van der Waals surface area contributed by atoms with Gasteiger partial charge in [0, 0.05) is 30.1 Å². The molecule has 1 aromatic carbocycles. The summed E-state index contributed by atoms with van der Waals surface area (Å²) in [4.78, 5) is 13.9. The predicted octanol–water partition coefficient (Wildman–Crippen LogP) is 3.21. The molecule has 0 bridgehead atoms. The van der Waals surface area contributed by atoms with Crippen LogP contribution in [0.4, 0.5) is 0 Å². The summed E-state index contributed by atoms with van der Waals surface area (Å²) in [6, 6.07) is 5.49. The van der Waals surface area contributed by atoms with Crippen LogP contribution in [0.3, 0.4) is 0 Å². The van der Waals surface area contributed by atoms with Crippen LogP contribution in [0.25, 0.3) is 0 Å². The van der Waals surface area contributed by atoms with Crippen LogP contribution in [0.1, 0.15) is 22.3 Å². The van der Waals surface area contributed by atoms with E-state index in [1.807, 2.05) is 19.2 Å². The maximum absolute atomic E-state index is 12.1. The maximum Gasteiger partial charge on any atom is 0.253 e. The van der Waals surface area contributed by atoms with E-state index < -0.39 is 0 Å². The Morgan fingerprint density at radius 1 is 1.47 bits per heavy atom. The first-order valence-electron chi connectivity index (χ1n) is 5.71. The van der Waals surface area contributed by atoms with Crippen molar-refractivity contribution in [2.45, 2.75) is 12.8 Å². The standard InChI is InChI=1S/C13H15Cl2NO/c1-16-8-9(4-5-14)6-10-7-11(15)2-3-12(10)13(16)17/h2-3,7,9H,4-6,8H2,1H3. The number of hydrogen-bond acceptors (Lipinski definition) is 1. The summed E-state index contributed by atoms with van der Waals surface area (Å²) in [5.41, 5.74) is 1.82. The van der Waals surface area contributed by atoms with E-state index in [0.717, 1.165) is 30.5 Å². The highest BCUT2D eigenvalue weighted by Gasteiger charge is 2.25. The van der Waals surface area contributed by atoms with Crippen molar-refractivity contribution < 1.29 is 4.79 Å². The van der Waals surface area contributed by atoms with Crippen LogP contribution in [0.5, 0.6) is 0 Å². The van der Waals surface area contributed by atoms with Crippen LogP contribution in [0.2, 0.25) is 5.02 Å². The van der Waals surface area contributed by atoms with Gasteiger partial charge in [-0.3, -0.25) is 4.79 Å². The fourth-order valence-corrected chi connectivity index (χ4v) is 2.84. The van der Waals surface area contributed by atoms with E-state index in [-0.39, 0.29) is 5.91 Å². The molecule has 1 atom stereocenters. The number of nitrogens with zero attached hydrogens (tertiary/aromatic N) is 1. The summed E-state index contributed by atoms with van der Waals surface area (Å²) in [7, 11) is 1.84. The van der Waals surface area contributed by atoms with E-state index in [2.05, 4.69) is 0 Å². The average molecular weight is 272 g/mol. The first-order chi connectivity index (χ1) is 8.11. The zero-order chi connectivity index (χ0) is 12.4. The number of benzene rings is 1. The van der Waals surface area contributed by atoms with Crippen molar-refractivity contribution in [1.29, 1.82) is 0 Å². The highest BCUT2D eigenvalue weighted by molar-refractivity contribution is 6.30. The SMILES string of the molecule is CN1CC(CCCl)Cc2cc(Cl)ccc2C1=O. The lowest BCUT2D eigenvalue weighted by atomic mass is 9.95. The molecule has 0 N–H and O–H groups in total. The highest BCUT2D eigenvalue weighted by Crippen LogP contribution is 2.25. The van der Waals surface area contributed by atoms with Crippen molar-refractivity contribution in [2.24, 2.45) is 5.92 Å². The Bertz CT molecular complexity index is 433. The van der Waals surface area contributed by atoms with E-state index in [9.17, 15) is 4.79 Å². The largest absolute Gasteiger partial charge is 0.341 e. The zero-order valence-electron chi connectivity index (χ0n) is 9.75. The van der Waals surface area contributed by atoms with E-state index >= 15 is 0 Å². The lowest BCUT2D eigenvalue weighted by Gasteiger charge is -2.19. The molecule has 0 spiro atoms. The Kier molecular flexibility index (Phi) is 3.95. The van der Waals surface area contributed by atoms with Gasteiger partial charge in [0.05, 0.1) is 0 Å². The van der Waals surface area contributed by atoms with Gasteiger partial charge in [-0.25, -0.2) is 0 Å². The van der Waals surface area contributed by atoms with Gasteiger partial charge in [-0.05, 0) is 42.5 Å². The Labute approximate surface area is 112 Å². The lowest BCUT2D eigenvalue weighted by Crippen LogP contribution is -2.29. The number of hydrogen-bond donors (Lipinski definition) is 0. The minimum Gasteiger partial charge on any atom is -0.341 e. The van der Waals surface area contributed by atoms with Gasteiger partial charge < -0.3 is 4.90 Å². The topological polar surface area (TPSA) is 20.3 Å². The third kappa shape index (κ3) is 2.75. The molecule has 1 amide bonds. The molecule has 0 aromatic heterocycles. The summed E-state index contributed by atoms with van der Waals surface area (Å²) >= 11 is 11.8. The molecule has 1 aromatic rings. The molecule has 2 rings (SSSR count). The van der Waals surface area contributed by atoms with Gasteiger partial charge in [-0.1, -0.05) is 11.6 Å². The Morgan fingerprint density at radius 3 is 2.94 bits per heavy atom. The lowest BCUT2D eigenvalue weighted by molar-refractivity contribution is 0.0782. The molecular formula is C13H15Cl2NO. The summed E-state index contributed by atoms with van der Waals surface area (Å²) in [5.74, 6) is 1.12. The zero-order valence-corrected chi connectivity index (χ0v) is 11.3. The minimum absolute atomic E-state index is 0.0775. The van der Waals surface area contributed by atoms with Crippen molar-refractivity contribution in [3.63, 3.8) is 0 Å². The molecule has 1 aliphatic heterocycles. The van der Waals surface area contributed by atoms with Crippen LogP contribution in [-0.4, -0.2) is 30.3 Å². The van der Waals surface area contributed by atoms with Crippen LogP contribution < -0.4 is 0 Å². The van der Waals surface area contributed by atoms with Gasteiger partial charge >= 0.3 is 0 Å². The average Bonchev–Trinajstić information content (AvgIpc) is 2.38. The number of fused-ring (bicyclic) bond motifs is 1. The fraction of sp³-hybridized carbons (Fsp3) is 0.462. The van der Waals surface area contributed by atoms with Crippen molar-refractivity contribution in [3.05, 3.63) is 34.3 Å². The minimum atomic E-state index is 0.0775. The number of carbonyl (C=O) groups is 1. The van der Waals surface area contributed by atoms with Crippen LogP contribution in [-0.2, 0) is 6.42 Å². The molecule has 0 fully saturated rings. The second kappa shape index (κ2) is 5.28. The van der Waals surface area contributed by atoms with Crippen molar-refractivity contribution >= 4 is 29.1 Å². The molecule has 2 nitrogen and oxygen atoms in total. The van der Waals surface area contributed by atoms with Gasteiger partial charge in [0.2, 0.25) is 0 Å². The van der Waals surface area contributed by atoms with E-state index in [1.165, 1.54) is 0 Å². The number of halogens is 2. The Balaban J connectivity index is 2.37. The molecule has 1 aliphatic rings. The normalized spacial score (nSPS) is 20.1. The number of carbonyl (C=O) groups excluding carboxylic acids is 1. The monoisotopic (exact) mass is 271 g/mol. The molecule has 0 saturated heterocycles. The van der Waals surface area contributed by atoms with Gasteiger partial charge in [0.15, 0.2) is 0 Å². The summed E-state index contributed by atoms with van der Waals surface area (Å²) in [6.07, 6.45) is 1.80. The molecule has 0 radical (unpaired) electrons. The molecule has 92 valence electrons. The predicted molar refractivity (Wildman–Crippen MR) is 70.9 cm³/mol. The van der Waals surface area contributed by atoms with Crippen molar-refractivity contribution in [3.8, 4) is 0 Å². The maximum atomic E-state index is 12.1. The number of amides is 1. The molecule has 0 aliphatic carbocycles. The van der Waals surface area contributed by atoms with Crippen LogP contribution >= 0.6 is 23.2 Å². The Morgan fingerprint density at radius 2 is 2.24 bits per heavy atom. The molecule has 4 heteroatoms. The molecule has 1 heterocycles. The van der Waals surface area contributed by atoms with Crippen LogP contribution in [0, 0.1) is 5.92 Å². The molecule has 0 saturated carbocycles. The van der Waals surface area contributed by atoms with E-state index in [4.69, 9.17) is 23.2 Å². The third-order valence-electron chi connectivity index (χ3n) is 3.20. The van der Waals surface area contributed by atoms with E-state index in [1.54, 1.807) is 11.0 Å². The van der Waals surface area contributed by atoms with Crippen molar-refractivity contribution in [2.75, 3.05) is 19.5 Å². The number of rotatable bonds is 2. The summed E-state index contributed by atoms with van der Waals surface area (Å²) in [5, 5.41) is 0.686. The van der Waals surface area contributed by atoms with E-state index in [0.29, 0.717) is 16.8 Å². The highest BCUT2D eigenvalue weighted by atomic mass is 35.5. The summed E-state index contributed by atoms with van der Waals surface area (Å²) in [6.45, 7) is 0.762. The quantitative estimate of drug-likeness (QED) is 0.757. The first kappa shape index (κ1) is 12.7. The molecule has 17 heavy (non-hydrogen) atoms. The Hall–Kier alpha value is -0.730. The summed E-state index contributed by atoms with van der Waals surface area (Å²) < 4.78 is 0. The van der Waals surface area contributed by atoms with Gasteiger partial charge in [0.1, 0.15) is 0 Å². The van der Waals surface area contributed by atoms with Gasteiger partial charge in [0.25, 0.3) is 5.91 Å². The second-order valence-electron chi connectivity index (χ2n) is 4.53. The third-order valence-corrected chi connectivity index (χ3v) is 3.66. The van der Waals surface area contributed by atoms with Gasteiger partial charge in [-0.2, -0.15) is 0 Å². The first-order valence-corrected chi connectivity index (χ1v) is 6.63. The van der Waals surface area contributed by atoms with Crippen molar-refractivity contribution in [1.82, 2.24) is 4.90 Å². The fourth-order valence-electron chi connectivity index (χ4n) is 2.34. The smallest absolute Gasteiger partial charge is 0.253 e. The number of alkyl halides is 1. The van der Waals surface area contributed by atoms with Gasteiger partial charge in [-0.15, -0.1) is 11.6 Å². The second-order valence-corrected chi connectivity index (χ2v) is 5.35. The van der Waals surface area contributed by atoms with Crippen LogP contribution in [0.15, 0.2) is 18.2 Å². The molecule has 1 unspecified atom stereocenters.